The van der Waals surface area contributed by atoms with Gasteiger partial charge < -0.3 is 4.18 Å². The number of nitriles is 1. The molecule has 0 spiro atoms. The standard InChI is InChI=1S/C32H25N3O4S2/c1-21-15-17-25(18-16-21)41(37,38)39-31-22(2)30(28(19-33)27-14-8-12-23-9-6-7-13-26(23)27)34-32(35-31)40-20-29(36)24-10-4-3-5-11-24/h3-18,28H,20H2,1-2H3. The van der Waals surface area contributed by atoms with Gasteiger partial charge in [0.05, 0.1) is 17.5 Å². The monoisotopic (exact) mass is 579 g/mol. The number of Topliss-reactive ketones (excluding diaryl/α,β-unsaturated/α-hetero) is 1. The van der Waals surface area contributed by atoms with Crippen molar-refractivity contribution in [3.05, 3.63) is 125 Å². The van der Waals surface area contributed by atoms with Crippen molar-refractivity contribution in [2.24, 2.45) is 0 Å². The average molecular weight is 580 g/mol. The molecule has 0 aliphatic rings. The normalized spacial score (nSPS) is 12.0. The summed E-state index contributed by atoms with van der Waals surface area (Å²) >= 11 is 1.05. The van der Waals surface area contributed by atoms with E-state index in [9.17, 15) is 18.5 Å². The number of nitrogens with zero attached hydrogens (tertiary/aromatic N) is 3. The summed E-state index contributed by atoms with van der Waals surface area (Å²) < 4.78 is 32.0. The van der Waals surface area contributed by atoms with Gasteiger partial charge in [-0.1, -0.05) is 102 Å². The van der Waals surface area contributed by atoms with Crippen molar-refractivity contribution in [2.45, 2.75) is 29.8 Å². The lowest BCUT2D eigenvalue weighted by molar-refractivity contribution is 0.102. The largest absolute Gasteiger partial charge is 0.358 e. The Labute approximate surface area is 243 Å². The summed E-state index contributed by atoms with van der Waals surface area (Å²) in [6, 6.07) is 30.8. The third kappa shape index (κ3) is 6.14. The highest BCUT2D eigenvalue weighted by molar-refractivity contribution is 7.99. The van der Waals surface area contributed by atoms with Crippen LogP contribution in [0, 0.1) is 25.2 Å². The van der Waals surface area contributed by atoms with Crippen LogP contribution in [0.5, 0.6) is 5.88 Å². The Hall–Kier alpha value is -4.52. The maximum Gasteiger partial charge on any atom is 0.340 e. The Morgan fingerprint density at radius 2 is 1.59 bits per heavy atom. The number of benzene rings is 4. The molecule has 9 heteroatoms. The van der Waals surface area contributed by atoms with Crippen LogP contribution in [0.3, 0.4) is 0 Å². The summed E-state index contributed by atoms with van der Waals surface area (Å²) in [6.07, 6.45) is 0. The molecule has 5 rings (SSSR count). The van der Waals surface area contributed by atoms with Crippen molar-refractivity contribution < 1.29 is 17.4 Å². The van der Waals surface area contributed by atoms with Crippen LogP contribution < -0.4 is 4.18 Å². The molecule has 0 aliphatic carbocycles. The van der Waals surface area contributed by atoms with Crippen LogP contribution in [0.4, 0.5) is 0 Å². The number of hydrogen-bond acceptors (Lipinski definition) is 8. The van der Waals surface area contributed by atoms with Gasteiger partial charge in [0.2, 0.25) is 5.88 Å². The predicted molar refractivity (Wildman–Crippen MR) is 159 cm³/mol. The summed E-state index contributed by atoms with van der Waals surface area (Å²) in [7, 11) is -4.24. The minimum absolute atomic E-state index is 0.0160. The van der Waals surface area contributed by atoms with Crippen molar-refractivity contribution in [3.63, 3.8) is 0 Å². The topological polar surface area (TPSA) is 110 Å². The summed E-state index contributed by atoms with van der Waals surface area (Å²) in [6.45, 7) is 3.49. The van der Waals surface area contributed by atoms with Gasteiger partial charge in [0.15, 0.2) is 10.9 Å². The van der Waals surface area contributed by atoms with E-state index in [-0.39, 0.29) is 27.5 Å². The number of rotatable bonds is 9. The zero-order chi connectivity index (χ0) is 29.0. The number of fused-ring (bicyclic) bond motifs is 1. The molecule has 0 bridgehead atoms. The third-order valence-corrected chi connectivity index (χ3v) is 8.66. The van der Waals surface area contributed by atoms with E-state index < -0.39 is 16.0 Å². The molecule has 0 saturated carbocycles. The van der Waals surface area contributed by atoms with E-state index in [1.807, 2.05) is 55.5 Å². The maximum absolute atomic E-state index is 13.2. The van der Waals surface area contributed by atoms with Crippen LogP contribution in [0.2, 0.25) is 0 Å². The lowest BCUT2D eigenvalue weighted by atomic mass is 9.90. The van der Waals surface area contributed by atoms with Crippen LogP contribution in [0.25, 0.3) is 10.8 Å². The Morgan fingerprint density at radius 3 is 2.32 bits per heavy atom. The molecule has 1 unspecified atom stereocenters. The first kappa shape index (κ1) is 28.0. The van der Waals surface area contributed by atoms with Gasteiger partial charge in [-0.25, -0.2) is 4.98 Å². The van der Waals surface area contributed by atoms with E-state index in [2.05, 4.69) is 16.0 Å². The molecule has 41 heavy (non-hydrogen) atoms. The minimum Gasteiger partial charge on any atom is -0.358 e. The molecule has 1 heterocycles. The van der Waals surface area contributed by atoms with Gasteiger partial charge in [0.25, 0.3) is 0 Å². The molecule has 7 nitrogen and oxygen atoms in total. The molecule has 0 N–H and O–H groups in total. The fourth-order valence-electron chi connectivity index (χ4n) is 4.39. The van der Waals surface area contributed by atoms with Crippen LogP contribution in [0.1, 0.15) is 38.7 Å². The maximum atomic E-state index is 13.2. The molecular weight excluding hydrogens is 555 g/mol. The van der Waals surface area contributed by atoms with Gasteiger partial charge in [-0.3, -0.25) is 4.79 Å². The first-order chi connectivity index (χ1) is 19.8. The fraction of sp³-hybridized carbons (Fsp3) is 0.125. The number of thioether (sulfide) groups is 1. The molecule has 5 aromatic rings. The van der Waals surface area contributed by atoms with Crippen molar-refractivity contribution in [1.82, 2.24) is 9.97 Å². The van der Waals surface area contributed by atoms with E-state index in [1.165, 1.54) is 12.1 Å². The van der Waals surface area contributed by atoms with Gasteiger partial charge in [-0.05, 0) is 42.3 Å². The number of ketones is 1. The van der Waals surface area contributed by atoms with Crippen molar-refractivity contribution in [2.75, 3.05) is 5.75 Å². The van der Waals surface area contributed by atoms with Crippen LogP contribution in [-0.2, 0) is 10.1 Å². The first-order valence-corrected chi connectivity index (χ1v) is 15.1. The second-order valence-corrected chi connectivity index (χ2v) is 11.9. The Bertz CT molecular complexity index is 1880. The zero-order valence-corrected chi connectivity index (χ0v) is 23.9. The molecule has 0 saturated heterocycles. The van der Waals surface area contributed by atoms with Crippen molar-refractivity contribution in [3.8, 4) is 11.9 Å². The molecule has 4 aromatic carbocycles. The number of carbonyl (C=O) groups is 1. The quantitative estimate of drug-likeness (QED) is 0.0827. The Morgan fingerprint density at radius 1 is 0.902 bits per heavy atom. The summed E-state index contributed by atoms with van der Waals surface area (Å²) in [5.74, 6) is -1.16. The van der Waals surface area contributed by atoms with Crippen LogP contribution >= 0.6 is 11.8 Å². The summed E-state index contributed by atoms with van der Waals surface area (Å²) in [5.41, 5.74) is 2.78. The second-order valence-electron chi connectivity index (χ2n) is 9.38. The number of carbonyl (C=O) groups excluding carboxylic acids is 1. The summed E-state index contributed by atoms with van der Waals surface area (Å²) in [5, 5.41) is 12.3. The second kappa shape index (κ2) is 11.9. The number of aryl methyl sites for hydroxylation is 1. The third-order valence-electron chi connectivity index (χ3n) is 6.58. The van der Waals surface area contributed by atoms with Crippen molar-refractivity contribution >= 4 is 38.4 Å². The Balaban J connectivity index is 1.59. The van der Waals surface area contributed by atoms with E-state index in [1.54, 1.807) is 43.3 Å². The molecular formula is C32H25N3O4S2. The highest BCUT2D eigenvalue weighted by atomic mass is 32.2. The first-order valence-electron chi connectivity index (χ1n) is 12.7. The van der Waals surface area contributed by atoms with Crippen LogP contribution in [0.15, 0.2) is 107 Å². The highest BCUT2D eigenvalue weighted by Crippen LogP contribution is 2.35. The zero-order valence-electron chi connectivity index (χ0n) is 22.3. The molecule has 204 valence electrons. The van der Waals surface area contributed by atoms with Crippen LogP contribution in [-0.4, -0.2) is 29.9 Å². The van der Waals surface area contributed by atoms with E-state index in [4.69, 9.17) is 4.18 Å². The van der Waals surface area contributed by atoms with Gasteiger partial charge in [0.1, 0.15) is 10.8 Å². The van der Waals surface area contributed by atoms with E-state index in [0.29, 0.717) is 16.8 Å². The predicted octanol–water partition coefficient (Wildman–Crippen LogP) is 6.64. The molecule has 1 aromatic heterocycles. The number of aromatic nitrogens is 2. The molecule has 1 atom stereocenters. The molecule has 0 fully saturated rings. The van der Waals surface area contributed by atoms with Gasteiger partial charge in [-0.2, -0.15) is 18.7 Å². The van der Waals surface area contributed by atoms with E-state index in [0.717, 1.165) is 33.7 Å². The number of hydrogen-bond donors (Lipinski definition) is 0. The van der Waals surface area contributed by atoms with E-state index >= 15 is 0 Å². The Kier molecular flexibility index (Phi) is 8.15. The van der Waals surface area contributed by atoms with Crippen molar-refractivity contribution in [1.29, 1.82) is 5.26 Å². The molecule has 0 radical (unpaired) electrons. The lowest BCUT2D eigenvalue weighted by Crippen LogP contribution is -2.15. The average Bonchev–Trinajstić information content (AvgIpc) is 2.99. The molecule has 0 amide bonds. The van der Waals surface area contributed by atoms with Gasteiger partial charge in [0, 0.05) is 11.1 Å². The van der Waals surface area contributed by atoms with Gasteiger partial charge >= 0.3 is 10.1 Å². The highest BCUT2D eigenvalue weighted by Gasteiger charge is 2.27. The minimum atomic E-state index is -4.24. The lowest BCUT2D eigenvalue weighted by Gasteiger charge is -2.17. The summed E-state index contributed by atoms with van der Waals surface area (Å²) in [4.78, 5) is 21.8. The van der Waals surface area contributed by atoms with Gasteiger partial charge in [-0.15, -0.1) is 0 Å². The SMILES string of the molecule is Cc1ccc(S(=O)(=O)Oc2nc(SCC(=O)c3ccccc3)nc(C(C#N)c3cccc4ccccc34)c2C)cc1. The molecule has 0 aliphatic heterocycles. The smallest absolute Gasteiger partial charge is 0.340 e. The fourth-order valence-corrected chi connectivity index (χ4v) is 6.07.